The molecule has 19 heavy (non-hydrogen) atoms. The van der Waals surface area contributed by atoms with E-state index < -0.39 is 0 Å². The number of hydrogen-bond acceptors (Lipinski definition) is 3. The largest absolute Gasteiger partial charge is 0.302 e. The van der Waals surface area contributed by atoms with E-state index in [-0.39, 0.29) is 11.7 Å². The van der Waals surface area contributed by atoms with Gasteiger partial charge >= 0.3 is 0 Å². The molecular formula is C14H15FN2OS. The molecule has 0 spiro atoms. The Hall–Kier alpha value is -1.75. The van der Waals surface area contributed by atoms with Crippen molar-refractivity contribution in [3.8, 4) is 0 Å². The van der Waals surface area contributed by atoms with Crippen LogP contribution in [-0.2, 0) is 11.2 Å². The normalized spacial score (nSPS) is 10.4. The van der Waals surface area contributed by atoms with Crippen LogP contribution in [0.5, 0.6) is 0 Å². The molecule has 100 valence electrons. The zero-order valence-electron chi connectivity index (χ0n) is 10.4. The van der Waals surface area contributed by atoms with E-state index in [0.717, 1.165) is 24.8 Å². The topological polar surface area (TPSA) is 42.0 Å². The number of rotatable bonds is 6. The number of thiazole rings is 1. The lowest BCUT2D eigenvalue weighted by atomic mass is 10.1. The van der Waals surface area contributed by atoms with Gasteiger partial charge < -0.3 is 5.32 Å². The minimum Gasteiger partial charge on any atom is -0.302 e. The third-order valence-electron chi connectivity index (χ3n) is 2.71. The monoisotopic (exact) mass is 278 g/mol. The number of benzene rings is 1. The van der Waals surface area contributed by atoms with E-state index in [1.165, 1.54) is 23.5 Å². The van der Waals surface area contributed by atoms with E-state index in [0.29, 0.717) is 11.6 Å². The molecule has 3 nitrogen and oxygen atoms in total. The van der Waals surface area contributed by atoms with Gasteiger partial charge in [0.25, 0.3) is 0 Å². The Labute approximate surface area is 115 Å². The highest BCUT2D eigenvalue weighted by molar-refractivity contribution is 7.13. The molecule has 0 aliphatic carbocycles. The number of nitrogens with zero attached hydrogens (tertiary/aromatic N) is 1. The highest BCUT2D eigenvalue weighted by Crippen LogP contribution is 2.12. The van der Waals surface area contributed by atoms with Crippen molar-refractivity contribution in [1.82, 2.24) is 4.98 Å². The van der Waals surface area contributed by atoms with Gasteiger partial charge in [-0.05, 0) is 37.0 Å². The third kappa shape index (κ3) is 4.79. The first kappa shape index (κ1) is 13.7. The van der Waals surface area contributed by atoms with Gasteiger partial charge in [0, 0.05) is 18.0 Å². The fourth-order valence-electron chi connectivity index (χ4n) is 1.73. The summed E-state index contributed by atoms with van der Waals surface area (Å²) < 4.78 is 12.7. The molecule has 0 saturated carbocycles. The molecule has 0 atom stereocenters. The van der Waals surface area contributed by atoms with E-state index in [9.17, 15) is 9.18 Å². The van der Waals surface area contributed by atoms with Crippen LogP contribution in [0.25, 0.3) is 0 Å². The molecule has 1 aromatic carbocycles. The second kappa shape index (κ2) is 6.99. The van der Waals surface area contributed by atoms with E-state index in [1.807, 2.05) is 5.38 Å². The van der Waals surface area contributed by atoms with Gasteiger partial charge in [-0.3, -0.25) is 4.79 Å². The zero-order chi connectivity index (χ0) is 13.5. The van der Waals surface area contributed by atoms with Crippen molar-refractivity contribution in [1.29, 1.82) is 0 Å². The molecule has 0 aliphatic heterocycles. The zero-order valence-corrected chi connectivity index (χ0v) is 11.3. The first-order valence-electron chi connectivity index (χ1n) is 6.18. The number of aromatic nitrogens is 1. The van der Waals surface area contributed by atoms with Gasteiger partial charge in [0.15, 0.2) is 5.13 Å². The Morgan fingerprint density at radius 3 is 2.74 bits per heavy atom. The number of carbonyl (C=O) groups excluding carboxylic acids is 1. The summed E-state index contributed by atoms with van der Waals surface area (Å²) in [5.41, 5.74) is 1.10. The molecular weight excluding hydrogens is 263 g/mol. The molecule has 5 heteroatoms. The summed E-state index contributed by atoms with van der Waals surface area (Å²) in [5, 5.41) is 5.21. The van der Waals surface area contributed by atoms with Crippen LogP contribution in [0.2, 0.25) is 0 Å². The summed E-state index contributed by atoms with van der Waals surface area (Å²) in [6.07, 6.45) is 4.74. The number of aryl methyl sites for hydroxylation is 1. The lowest BCUT2D eigenvalue weighted by molar-refractivity contribution is -0.116. The van der Waals surface area contributed by atoms with Crippen LogP contribution in [0.4, 0.5) is 9.52 Å². The van der Waals surface area contributed by atoms with Crippen molar-refractivity contribution in [3.63, 3.8) is 0 Å². The predicted molar refractivity (Wildman–Crippen MR) is 74.7 cm³/mol. The maximum atomic E-state index is 12.7. The van der Waals surface area contributed by atoms with Crippen molar-refractivity contribution in [2.24, 2.45) is 0 Å². The Kier molecular flexibility index (Phi) is 5.03. The molecule has 0 unspecified atom stereocenters. The molecule has 2 rings (SSSR count). The maximum absolute atomic E-state index is 12.7. The quantitative estimate of drug-likeness (QED) is 0.820. The predicted octanol–water partition coefficient (Wildman–Crippen LogP) is 3.63. The van der Waals surface area contributed by atoms with Gasteiger partial charge in [-0.15, -0.1) is 11.3 Å². The van der Waals surface area contributed by atoms with E-state index in [4.69, 9.17) is 0 Å². The highest BCUT2D eigenvalue weighted by Gasteiger charge is 2.03. The number of unbranched alkanes of at least 4 members (excludes halogenated alkanes) is 1. The first-order valence-corrected chi connectivity index (χ1v) is 7.06. The van der Waals surface area contributed by atoms with E-state index in [2.05, 4.69) is 10.3 Å². The SMILES string of the molecule is O=C(CCCCc1ccc(F)cc1)Nc1nccs1. The van der Waals surface area contributed by atoms with Crippen molar-refractivity contribution < 1.29 is 9.18 Å². The standard InChI is InChI=1S/C14H15FN2OS/c15-12-7-5-11(6-8-12)3-1-2-4-13(18)17-14-16-9-10-19-14/h5-10H,1-4H2,(H,16,17,18). The second-order valence-corrected chi connectivity index (χ2v) is 5.11. The maximum Gasteiger partial charge on any atom is 0.226 e. The third-order valence-corrected chi connectivity index (χ3v) is 3.40. The van der Waals surface area contributed by atoms with Crippen LogP contribution in [-0.4, -0.2) is 10.9 Å². The van der Waals surface area contributed by atoms with Crippen LogP contribution < -0.4 is 5.32 Å². The lowest BCUT2D eigenvalue weighted by Gasteiger charge is -2.02. The van der Waals surface area contributed by atoms with Gasteiger partial charge in [0.2, 0.25) is 5.91 Å². The van der Waals surface area contributed by atoms with Crippen molar-refractivity contribution in [2.45, 2.75) is 25.7 Å². The molecule has 1 amide bonds. The number of anilines is 1. The summed E-state index contributed by atoms with van der Waals surface area (Å²) in [4.78, 5) is 15.6. The van der Waals surface area contributed by atoms with Gasteiger partial charge in [-0.1, -0.05) is 12.1 Å². The van der Waals surface area contributed by atoms with Crippen LogP contribution in [0.1, 0.15) is 24.8 Å². The summed E-state index contributed by atoms with van der Waals surface area (Å²) in [7, 11) is 0. The minimum absolute atomic E-state index is 0.00550. The molecule has 1 heterocycles. The molecule has 0 radical (unpaired) electrons. The molecule has 0 bridgehead atoms. The fraction of sp³-hybridized carbons (Fsp3) is 0.286. The van der Waals surface area contributed by atoms with Crippen LogP contribution in [0, 0.1) is 5.82 Å². The van der Waals surface area contributed by atoms with Crippen LogP contribution >= 0.6 is 11.3 Å². The lowest BCUT2D eigenvalue weighted by Crippen LogP contribution is -2.10. The van der Waals surface area contributed by atoms with Gasteiger partial charge in [0.1, 0.15) is 5.82 Å². The number of halogens is 1. The number of carbonyl (C=O) groups is 1. The average molecular weight is 278 g/mol. The molecule has 0 aliphatic rings. The number of hydrogen-bond donors (Lipinski definition) is 1. The molecule has 0 saturated heterocycles. The smallest absolute Gasteiger partial charge is 0.226 e. The second-order valence-electron chi connectivity index (χ2n) is 4.22. The van der Waals surface area contributed by atoms with E-state index >= 15 is 0 Å². The fourth-order valence-corrected chi connectivity index (χ4v) is 2.28. The first-order chi connectivity index (χ1) is 9.24. The minimum atomic E-state index is -0.216. The summed E-state index contributed by atoms with van der Waals surface area (Å²) >= 11 is 1.41. The van der Waals surface area contributed by atoms with Crippen LogP contribution in [0.3, 0.4) is 0 Å². The Morgan fingerprint density at radius 2 is 2.05 bits per heavy atom. The Balaban J connectivity index is 1.64. The Morgan fingerprint density at radius 1 is 1.26 bits per heavy atom. The summed E-state index contributed by atoms with van der Waals surface area (Å²) in [6.45, 7) is 0. The van der Waals surface area contributed by atoms with Crippen molar-refractivity contribution >= 4 is 22.4 Å². The molecule has 1 aromatic heterocycles. The van der Waals surface area contributed by atoms with Gasteiger partial charge in [-0.25, -0.2) is 9.37 Å². The van der Waals surface area contributed by atoms with Crippen molar-refractivity contribution in [3.05, 3.63) is 47.2 Å². The van der Waals surface area contributed by atoms with E-state index in [1.54, 1.807) is 18.3 Å². The number of nitrogens with one attached hydrogen (secondary N) is 1. The molecule has 1 N–H and O–H groups in total. The van der Waals surface area contributed by atoms with Crippen molar-refractivity contribution in [2.75, 3.05) is 5.32 Å². The molecule has 2 aromatic rings. The summed E-state index contributed by atoms with van der Waals surface area (Å²) in [5.74, 6) is -0.222. The highest BCUT2D eigenvalue weighted by atomic mass is 32.1. The number of amides is 1. The Bertz CT molecular complexity index is 511. The average Bonchev–Trinajstić information content (AvgIpc) is 2.89. The summed E-state index contributed by atoms with van der Waals surface area (Å²) in [6, 6.07) is 6.49. The van der Waals surface area contributed by atoms with Crippen LogP contribution in [0.15, 0.2) is 35.8 Å². The van der Waals surface area contributed by atoms with Gasteiger partial charge in [-0.2, -0.15) is 0 Å². The molecule has 0 fully saturated rings. The van der Waals surface area contributed by atoms with Gasteiger partial charge in [0.05, 0.1) is 0 Å².